The van der Waals surface area contributed by atoms with E-state index in [2.05, 4.69) is 43.1 Å². The molecule has 0 bridgehead atoms. The van der Waals surface area contributed by atoms with Crippen molar-refractivity contribution in [2.45, 2.75) is 45.6 Å². The van der Waals surface area contributed by atoms with Crippen LogP contribution in [0.25, 0.3) is 0 Å². The zero-order valence-corrected chi connectivity index (χ0v) is 12.9. The summed E-state index contributed by atoms with van der Waals surface area (Å²) in [4.78, 5) is 4.84. The molecule has 1 N–H and O–H groups in total. The quantitative estimate of drug-likeness (QED) is 0.670. The van der Waals surface area contributed by atoms with Crippen molar-refractivity contribution in [2.24, 2.45) is 5.92 Å². The molecule has 0 aromatic rings. The number of unbranched alkanes of at least 4 members (excludes halogenated alkanes) is 1. The van der Waals surface area contributed by atoms with E-state index in [0.717, 1.165) is 5.92 Å². The van der Waals surface area contributed by atoms with E-state index in [1.54, 1.807) is 0 Å². The van der Waals surface area contributed by atoms with E-state index < -0.39 is 0 Å². The Morgan fingerprint density at radius 1 is 1.22 bits per heavy atom. The van der Waals surface area contributed by atoms with Crippen LogP contribution in [-0.4, -0.2) is 62.7 Å². The summed E-state index contributed by atoms with van der Waals surface area (Å²) in [5.74, 6) is 0.890. The highest BCUT2D eigenvalue weighted by Gasteiger charge is 2.22. The molecule has 1 aliphatic rings. The van der Waals surface area contributed by atoms with Gasteiger partial charge in [0.25, 0.3) is 0 Å². The average Bonchev–Trinajstić information content (AvgIpc) is 2.38. The summed E-state index contributed by atoms with van der Waals surface area (Å²) >= 11 is 0. The largest absolute Gasteiger partial charge is 0.314 e. The lowest BCUT2D eigenvalue weighted by Gasteiger charge is -2.34. The first-order valence-electron chi connectivity index (χ1n) is 7.74. The normalized spacial score (nSPS) is 20.5. The standard InChI is InChI=1S/C15H33N3/c1-5-18-12-8-15(9-13-18)14(2)16-10-6-7-11-17(3)4/h14-16H,5-13H2,1-4H3. The first kappa shape index (κ1) is 15.9. The van der Waals surface area contributed by atoms with E-state index in [1.807, 2.05) is 0 Å². The van der Waals surface area contributed by atoms with Crippen molar-refractivity contribution in [3.05, 3.63) is 0 Å². The molecular formula is C15H33N3. The molecule has 0 radical (unpaired) electrons. The second-order valence-corrected chi connectivity index (χ2v) is 6.02. The summed E-state index contributed by atoms with van der Waals surface area (Å²) in [5, 5.41) is 3.72. The Bertz CT molecular complexity index is 198. The molecule has 1 unspecified atom stereocenters. The van der Waals surface area contributed by atoms with Crippen LogP contribution in [0.4, 0.5) is 0 Å². The number of nitrogens with one attached hydrogen (secondary N) is 1. The number of piperidine rings is 1. The van der Waals surface area contributed by atoms with Crippen molar-refractivity contribution >= 4 is 0 Å². The average molecular weight is 255 g/mol. The monoisotopic (exact) mass is 255 g/mol. The third kappa shape index (κ3) is 6.17. The van der Waals surface area contributed by atoms with Gasteiger partial charge in [0.05, 0.1) is 0 Å². The first-order valence-corrected chi connectivity index (χ1v) is 7.74. The number of hydrogen-bond acceptors (Lipinski definition) is 3. The van der Waals surface area contributed by atoms with Gasteiger partial charge in [0.2, 0.25) is 0 Å². The van der Waals surface area contributed by atoms with E-state index in [0.29, 0.717) is 6.04 Å². The van der Waals surface area contributed by atoms with Crippen LogP contribution in [0.5, 0.6) is 0 Å². The summed E-state index contributed by atoms with van der Waals surface area (Å²) < 4.78 is 0. The van der Waals surface area contributed by atoms with Crippen molar-refractivity contribution in [2.75, 3.05) is 46.8 Å². The molecule has 1 fully saturated rings. The van der Waals surface area contributed by atoms with Gasteiger partial charge in [-0.15, -0.1) is 0 Å². The van der Waals surface area contributed by atoms with Gasteiger partial charge in [-0.3, -0.25) is 0 Å². The number of nitrogens with zero attached hydrogens (tertiary/aromatic N) is 2. The van der Waals surface area contributed by atoms with Crippen LogP contribution in [0.3, 0.4) is 0 Å². The molecule has 108 valence electrons. The van der Waals surface area contributed by atoms with Gasteiger partial charge in [-0.25, -0.2) is 0 Å². The third-order valence-electron chi connectivity index (χ3n) is 4.28. The maximum atomic E-state index is 3.72. The molecule has 1 aliphatic heterocycles. The molecule has 1 heterocycles. The zero-order chi connectivity index (χ0) is 13.4. The van der Waals surface area contributed by atoms with E-state index in [4.69, 9.17) is 0 Å². The lowest BCUT2D eigenvalue weighted by Crippen LogP contribution is -2.42. The van der Waals surface area contributed by atoms with Gasteiger partial charge in [0.15, 0.2) is 0 Å². The first-order chi connectivity index (χ1) is 8.63. The minimum Gasteiger partial charge on any atom is -0.314 e. The SMILES string of the molecule is CCN1CCC(C(C)NCCCCN(C)C)CC1. The minimum atomic E-state index is 0.698. The maximum absolute atomic E-state index is 3.72. The molecule has 0 aromatic carbocycles. The van der Waals surface area contributed by atoms with Gasteiger partial charge in [-0.1, -0.05) is 6.92 Å². The molecule has 18 heavy (non-hydrogen) atoms. The molecule has 0 amide bonds. The minimum absolute atomic E-state index is 0.698. The highest BCUT2D eigenvalue weighted by molar-refractivity contribution is 4.79. The molecule has 0 saturated carbocycles. The zero-order valence-electron chi connectivity index (χ0n) is 12.9. The highest BCUT2D eigenvalue weighted by atomic mass is 15.1. The van der Waals surface area contributed by atoms with E-state index in [1.165, 1.54) is 58.4 Å². The molecule has 3 nitrogen and oxygen atoms in total. The number of hydrogen-bond donors (Lipinski definition) is 1. The van der Waals surface area contributed by atoms with Gasteiger partial charge >= 0.3 is 0 Å². The van der Waals surface area contributed by atoms with Gasteiger partial charge in [0, 0.05) is 6.04 Å². The van der Waals surface area contributed by atoms with E-state index in [-0.39, 0.29) is 0 Å². The van der Waals surface area contributed by atoms with Crippen molar-refractivity contribution in [3.8, 4) is 0 Å². The summed E-state index contributed by atoms with van der Waals surface area (Å²) in [7, 11) is 4.30. The molecule has 0 aliphatic carbocycles. The van der Waals surface area contributed by atoms with Crippen LogP contribution in [0.2, 0.25) is 0 Å². The summed E-state index contributed by atoms with van der Waals surface area (Å²) in [5.41, 5.74) is 0. The predicted octanol–water partition coefficient (Wildman–Crippen LogP) is 2.04. The Labute approximate surface area is 114 Å². The lowest BCUT2D eigenvalue weighted by atomic mass is 9.90. The molecule has 1 atom stereocenters. The van der Waals surface area contributed by atoms with Crippen LogP contribution in [0.1, 0.15) is 39.5 Å². The summed E-state index contributed by atoms with van der Waals surface area (Å²) in [6.45, 7) is 10.9. The Kier molecular flexibility index (Phi) is 7.87. The van der Waals surface area contributed by atoms with Crippen LogP contribution < -0.4 is 5.32 Å². The van der Waals surface area contributed by atoms with E-state index >= 15 is 0 Å². The fourth-order valence-corrected chi connectivity index (χ4v) is 2.82. The van der Waals surface area contributed by atoms with Gasteiger partial charge < -0.3 is 15.1 Å². The predicted molar refractivity (Wildman–Crippen MR) is 80.1 cm³/mol. The van der Waals surface area contributed by atoms with Crippen molar-refractivity contribution < 1.29 is 0 Å². The van der Waals surface area contributed by atoms with Crippen molar-refractivity contribution in [1.29, 1.82) is 0 Å². The van der Waals surface area contributed by atoms with Gasteiger partial charge in [0.1, 0.15) is 0 Å². The molecular weight excluding hydrogens is 222 g/mol. The number of rotatable bonds is 8. The fraction of sp³-hybridized carbons (Fsp3) is 1.00. The Hall–Kier alpha value is -0.120. The summed E-state index contributed by atoms with van der Waals surface area (Å²) in [6.07, 6.45) is 5.36. The van der Waals surface area contributed by atoms with E-state index in [9.17, 15) is 0 Å². The smallest absolute Gasteiger partial charge is 0.00679 e. The van der Waals surface area contributed by atoms with Crippen molar-refractivity contribution in [3.63, 3.8) is 0 Å². The number of likely N-dealkylation sites (tertiary alicyclic amines) is 1. The second-order valence-electron chi connectivity index (χ2n) is 6.02. The maximum Gasteiger partial charge on any atom is 0.00679 e. The summed E-state index contributed by atoms with van der Waals surface area (Å²) in [6, 6.07) is 0.698. The van der Waals surface area contributed by atoms with Gasteiger partial charge in [-0.05, 0) is 85.3 Å². The van der Waals surface area contributed by atoms with Gasteiger partial charge in [-0.2, -0.15) is 0 Å². The Morgan fingerprint density at radius 2 is 1.89 bits per heavy atom. The topological polar surface area (TPSA) is 18.5 Å². The molecule has 3 heteroatoms. The molecule has 0 spiro atoms. The molecule has 1 saturated heterocycles. The van der Waals surface area contributed by atoms with Crippen LogP contribution >= 0.6 is 0 Å². The van der Waals surface area contributed by atoms with Crippen LogP contribution in [-0.2, 0) is 0 Å². The van der Waals surface area contributed by atoms with Crippen molar-refractivity contribution in [1.82, 2.24) is 15.1 Å². The Balaban J connectivity index is 2.04. The fourth-order valence-electron chi connectivity index (χ4n) is 2.82. The molecule has 0 aromatic heterocycles. The lowest BCUT2D eigenvalue weighted by molar-refractivity contribution is 0.169. The highest BCUT2D eigenvalue weighted by Crippen LogP contribution is 2.20. The third-order valence-corrected chi connectivity index (χ3v) is 4.28. The second kappa shape index (κ2) is 8.89. The van der Waals surface area contributed by atoms with Crippen LogP contribution in [0.15, 0.2) is 0 Å². The van der Waals surface area contributed by atoms with Crippen LogP contribution in [0, 0.1) is 5.92 Å². The Morgan fingerprint density at radius 3 is 2.44 bits per heavy atom. The molecule has 1 rings (SSSR count).